The Morgan fingerprint density at radius 3 is 1.52 bits per heavy atom. The maximum absolute atomic E-state index is 15.2. The van der Waals surface area contributed by atoms with E-state index in [1.807, 2.05) is 61.5 Å². The molecule has 23 nitrogen and oxygen atoms in total. The number of methoxy groups -OCH3 is 1. The minimum atomic E-state index is -1.54. The zero-order valence-electron chi connectivity index (χ0n) is 53.3. The zero-order valence-corrected chi connectivity index (χ0v) is 53.3. The van der Waals surface area contributed by atoms with Crippen molar-refractivity contribution in [3.8, 4) is 0 Å². The summed E-state index contributed by atoms with van der Waals surface area (Å²) in [6.45, 7) is 27.5. The molecule has 0 aliphatic carbocycles. The van der Waals surface area contributed by atoms with Crippen molar-refractivity contribution in [2.45, 2.75) is 210 Å². The Balaban J connectivity index is 7.20. The summed E-state index contributed by atoms with van der Waals surface area (Å²) >= 11 is 0. The van der Waals surface area contributed by atoms with E-state index in [9.17, 15) is 43.5 Å². The van der Waals surface area contributed by atoms with Gasteiger partial charge in [-0.05, 0) is 95.4 Å². The van der Waals surface area contributed by atoms with Gasteiger partial charge >= 0.3 is 11.9 Å². The summed E-state index contributed by atoms with van der Waals surface area (Å²) in [6, 6.07) is -9.99. The molecule has 0 aliphatic rings. The molecule has 81 heavy (non-hydrogen) atoms. The Labute approximate surface area is 484 Å². The lowest BCUT2D eigenvalue weighted by molar-refractivity contribution is -0.164. The highest BCUT2D eigenvalue weighted by molar-refractivity contribution is 5.97. The zero-order chi connectivity index (χ0) is 63.2. The van der Waals surface area contributed by atoms with E-state index in [4.69, 9.17) is 15.2 Å². The van der Waals surface area contributed by atoms with Crippen molar-refractivity contribution >= 4 is 59.2 Å². The number of hydrogen-bond donors (Lipinski definition) is 5. The molecule has 0 saturated carbocycles. The largest absolute Gasteiger partial charge is 0.468 e. The van der Waals surface area contributed by atoms with Crippen LogP contribution in [0.3, 0.4) is 0 Å². The van der Waals surface area contributed by atoms with E-state index in [1.54, 1.807) is 47.6 Å². The van der Waals surface area contributed by atoms with Crippen LogP contribution < -0.4 is 21.7 Å². The van der Waals surface area contributed by atoms with E-state index in [-0.39, 0.29) is 42.9 Å². The number of allylic oxidation sites excluding steroid dienone is 2. The Kier molecular flexibility index (Phi) is 32.9. The quantitative estimate of drug-likeness (QED) is 0.0352. The molecule has 466 valence electrons. The Bertz CT molecular complexity index is 2120. The molecule has 0 aromatic heterocycles. The lowest BCUT2D eigenvalue weighted by Crippen LogP contribution is -2.64. The van der Waals surface area contributed by atoms with Crippen LogP contribution in [0, 0.1) is 35.5 Å². The number of aliphatic hydroxyl groups excluding tert-OH is 1. The number of nitrogens with one attached hydrogen (secondary N) is 3. The third-order valence-electron chi connectivity index (χ3n) is 14.7. The van der Waals surface area contributed by atoms with Crippen molar-refractivity contribution in [3.63, 3.8) is 0 Å². The molecule has 23 heteroatoms. The van der Waals surface area contributed by atoms with Crippen molar-refractivity contribution in [2.75, 3.05) is 55.9 Å². The lowest BCUT2D eigenvalue weighted by Gasteiger charge is -2.42. The molecule has 1 unspecified atom stereocenters. The van der Waals surface area contributed by atoms with Crippen LogP contribution in [-0.2, 0) is 57.4 Å². The van der Waals surface area contributed by atoms with Gasteiger partial charge in [-0.2, -0.15) is 0 Å². The highest BCUT2D eigenvalue weighted by Crippen LogP contribution is 2.26. The van der Waals surface area contributed by atoms with E-state index in [2.05, 4.69) is 16.0 Å². The molecule has 0 bridgehead atoms. The standard InChI is InChI=1S/C58H106N10O13/c1-24-26-27-37(13)49(81-40(16)69)48(52(73)62-41(25-2)54(75)63(17)31-45(70)80-23)68(22)58(79)47(36(11)12)67(21)56(77)44(30-34(7)8)66(20)55(76)43(29-33(5)6)65(19)53(74)39(15)61-50(71)38(14)60-51(72)42(28-32(3)4)64(18)57(78)46(59)35(9)10/h24,26,32-39,41-44,46-49,53,74H,25,27-31,59H2,1-23H3,(H,60,72)(H,61,71)(H,62,73)/b26-24+/t37-,38+,39-,41+,42+,43+,44+,46+,47+,48+,49-,53?/m1/s1. The van der Waals surface area contributed by atoms with Crippen LogP contribution in [0.5, 0.6) is 0 Å². The Morgan fingerprint density at radius 1 is 0.580 bits per heavy atom. The maximum Gasteiger partial charge on any atom is 0.325 e. The summed E-state index contributed by atoms with van der Waals surface area (Å²) in [5.41, 5.74) is 6.15. The SMILES string of the molecule is C/C=C/C[C@@H](C)[C@@H](OC(C)=O)[C@@H](C(=O)N[C@@H](CC)C(=O)N(C)CC(=O)OC)N(C)C(=O)[C@H](C(C)C)N(C)C(=O)[C@H](CC(C)C)N(C)C(=O)[C@H](CC(C)C)N(C)C(O)[C@@H](C)NC(=O)[C@H](C)NC(=O)[C@H](CC(C)C)N(C)C(=O)[C@@H](N)C(C)C. The average Bonchev–Trinajstić information content (AvgIpc) is 3.38. The van der Waals surface area contributed by atoms with Crippen molar-refractivity contribution in [3.05, 3.63) is 12.2 Å². The van der Waals surface area contributed by atoms with E-state index in [0.717, 1.165) is 9.80 Å². The summed E-state index contributed by atoms with van der Waals surface area (Å²) in [5.74, 6) is -7.83. The van der Waals surface area contributed by atoms with Crippen LogP contribution >= 0.6 is 0 Å². The van der Waals surface area contributed by atoms with Gasteiger partial charge < -0.3 is 60.8 Å². The molecule has 0 aromatic rings. The number of ether oxygens (including phenoxy) is 2. The fourth-order valence-electron chi connectivity index (χ4n) is 9.57. The van der Waals surface area contributed by atoms with Gasteiger partial charge in [-0.25, -0.2) is 0 Å². The van der Waals surface area contributed by atoms with Gasteiger partial charge in [0.1, 0.15) is 55.1 Å². The summed E-state index contributed by atoms with van der Waals surface area (Å²) in [6.07, 6.45) is 2.00. The summed E-state index contributed by atoms with van der Waals surface area (Å²) in [5, 5.41) is 20.0. The molecular formula is C58H106N10O13. The lowest BCUT2D eigenvalue weighted by atomic mass is 9.91. The van der Waals surface area contributed by atoms with E-state index in [0.29, 0.717) is 12.8 Å². The number of likely N-dealkylation sites (N-methyl/N-ethyl adjacent to an activating group) is 6. The van der Waals surface area contributed by atoms with Gasteiger partial charge in [0.2, 0.25) is 47.3 Å². The number of carbonyl (C=O) groups is 10. The number of rotatable bonds is 34. The van der Waals surface area contributed by atoms with Crippen LogP contribution in [-0.4, -0.2) is 216 Å². The first kappa shape index (κ1) is 75.3. The molecular weight excluding hydrogens is 1040 g/mol. The normalized spacial score (nSPS) is 16.3. The minimum Gasteiger partial charge on any atom is -0.468 e. The molecule has 0 rings (SSSR count). The van der Waals surface area contributed by atoms with E-state index >= 15 is 9.59 Å². The van der Waals surface area contributed by atoms with Crippen LogP contribution in [0.2, 0.25) is 0 Å². The number of nitrogens with zero attached hydrogens (tertiary/aromatic N) is 6. The smallest absolute Gasteiger partial charge is 0.325 e. The van der Waals surface area contributed by atoms with Crippen molar-refractivity contribution in [1.82, 2.24) is 45.3 Å². The number of carbonyl (C=O) groups excluding carboxylic acids is 10. The minimum absolute atomic E-state index is 0.0159. The first-order chi connectivity index (χ1) is 37.4. The molecule has 0 radical (unpaired) electrons. The molecule has 12 atom stereocenters. The van der Waals surface area contributed by atoms with Gasteiger partial charge in [0.05, 0.1) is 25.2 Å². The van der Waals surface area contributed by atoms with Gasteiger partial charge in [0.15, 0.2) is 0 Å². The van der Waals surface area contributed by atoms with E-state index < -0.39 is 144 Å². The van der Waals surface area contributed by atoms with Gasteiger partial charge in [-0.3, -0.25) is 52.8 Å². The average molecular weight is 1150 g/mol. The van der Waals surface area contributed by atoms with Crippen molar-refractivity contribution < 1.29 is 62.5 Å². The van der Waals surface area contributed by atoms with Gasteiger partial charge in [-0.15, -0.1) is 0 Å². The molecule has 0 heterocycles. The van der Waals surface area contributed by atoms with Gasteiger partial charge in [-0.1, -0.05) is 95.2 Å². The van der Waals surface area contributed by atoms with Gasteiger partial charge in [0.25, 0.3) is 0 Å². The first-order valence-electron chi connectivity index (χ1n) is 28.6. The maximum atomic E-state index is 15.2. The Morgan fingerprint density at radius 2 is 1.06 bits per heavy atom. The second-order valence-electron chi connectivity index (χ2n) is 23.8. The second-order valence-corrected chi connectivity index (χ2v) is 23.8. The molecule has 0 spiro atoms. The number of esters is 2. The van der Waals surface area contributed by atoms with Gasteiger partial charge in [0, 0.05) is 42.2 Å². The molecule has 8 amide bonds. The molecule has 6 N–H and O–H groups in total. The van der Waals surface area contributed by atoms with Crippen LogP contribution in [0.15, 0.2) is 12.2 Å². The van der Waals surface area contributed by atoms with Crippen LogP contribution in [0.4, 0.5) is 0 Å². The van der Waals surface area contributed by atoms with Crippen molar-refractivity contribution in [2.24, 2.45) is 41.2 Å². The topological polar surface area (TPSA) is 291 Å². The number of hydrogen-bond acceptors (Lipinski definition) is 15. The summed E-state index contributed by atoms with van der Waals surface area (Å²) < 4.78 is 10.6. The second kappa shape index (κ2) is 35.3. The molecule has 0 aromatic carbocycles. The van der Waals surface area contributed by atoms with Crippen LogP contribution in [0.1, 0.15) is 143 Å². The Hall–Kier alpha value is -5.68. The summed E-state index contributed by atoms with van der Waals surface area (Å²) in [7, 11) is 9.90. The summed E-state index contributed by atoms with van der Waals surface area (Å²) in [4.78, 5) is 147. The number of nitrogens with two attached hydrogens (primary N) is 1. The third-order valence-corrected chi connectivity index (χ3v) is 14.7. The highest BCUT2D eigenvalue weighted by atomic mass is 16.5. The number of aliphatic hydroxyl groups is 1. The van der Waals surface area contributed by atoms with Crippen molar-refractivity contribution in [1.29, 1.82) is 0 Å². The third kappa shape index (κ3) is 22.9. The predicted molar refractivity (Wildman–Crippen MR) is 311 cm³/mol. The fourth-order valence-corrected chi connectivity index (χ4v) is 9.57. The predicted octanol–water partition coefficient (Wildman–Crippen LogP) is 2.76. The molecule has 0 fully saturated rings. The molecule has 0 saturated heterocycles. The monoisotopic (exact) mass is 1150 g/mol. The molecule has 0 aliphatic heterocycles. The van der Waals surface area contributed by atoms with Crippen LogP contribution in [0.25, 0.3) is 0 Å². The highest BCUT2D eigenvalue weighted by Gasteiger charge is 2.46. The fraction of sp³-hybridized carbons (Fsp3) is 0.793. The first-order valence-corrected chi connectivity index (χ1v) is 28.6. The van der Waals surface area contributed by atoms with E-state index in [1.165, 1.54) is 82.8 Å². The number of amides is 8.